The molecule has 0 heterocycles. The third-order valence-corrected chi connectivity index (χ3v) is 4.11. The number of carbonyl (C=O) groups is 1. The van der Waals surface area contributed by atoms with E-state index < -0.39 is 4.92 Å². The molecule has 1 unspecified atom stereocenters. The van der Waals surface area contributed by atoms with Crippen LogP contribution in [0.4, 0.5) is 5.69 Å². The summed E-state index contributed by atoms with van der Waals surface area (Å²) in [6.07, 6.45) is 0. The summed E-state index contributed by atoms with van der Waals surface area (Å²) in [5.41, 5.74) is 1.10. The molecular formula is C16H16N2O3S. The lowest BCUT2D eigenvalue weighted by molar-refractivity contribution is -0.384. The Morgan fingerprint density at radius 3 is 2.41 bits per heavy atom. The van der Waals surface area contributed by atoms with Crippen molar-refractivity contribution >= 4 is 23.4 Å². The van der Waals surface area contributed by atoms with E-state index in [-0.39, 0.29) is 23.4 Å². The number of carbonyl (C=O) groups excluding carboxylic acids is 1. The zero-order chi connectivity index (χ0) is 15.9. The van der Waals surface area contributed by atoms with Crippen LogP contribution in [-0.2, 0) is 4.79 Å². The third-order valence-electron chi connectivity index (χ3n) is 3.09. The van der Waals surface area contributed by atoms with Gasteiger partial charge in [-0.25, -0.2) is 0 Å². The molecule has 0 bridgehead atoms. The minimum absolute atomic E-state index is 0.0477. The Kier molecular flexibility index (Phi) is 5.55. The predicted molar refractivity (Wildman–Crippen MR) is 86.8 cm³/mol. The Labute approximate surface area is 132 Å². The Morgan fingerprint density at radius 1 is 1.18 bits per heavy atom. The summed E-state index contributed by atoms with van der Waals surface area (Å²) < 4.78 is 0. The van der Waals surface area contributed by atoms with E-state index in [2.05, 4.69) is 5.32 Å². The highest BCUT2D eigenvalue weighted by Crippen LogP contribution is 2.21. The van der Waals surface area contributed by atoms with Crippen molar-refractivity contribution in [1.82, 2.24) is 5.32 Å². The molecule has 0 aliphatic heterocycles. The van der Waals surface area contributed by atoms with Crippen LogP contribution in [0.3, 0.4) is 0 Å². The first-order valence-electron chi connectivity index (χ1n) is 6.78. The largest absolute Gasteiger partial charge is 0.349 e. The molecule has 1 N–H and O–H groups in total. The van der Waals surface area contributed by atoms with Crippen molar-refractivity contribution in [2.24, 2.45) is 0 Å². The summed E-state index contributed by atoms with van der Waals surface area (Å²) in [5, 5.41) is 13.5. The van der Waals surface area contributed by atoms with E-state index in [1.807, 2.05) is 37.3 Å². The zero-order valence-corrected chi connectivity index (χ0v) is 12.9. The Morgan fingerprint density at radius 2 is 1.82 bits per heavy atom. The lowest BCUT2D eigenvalue weighted by atomic mass is 10.1. The Hall–Kier alpha value is -2.34. The van der Waals surface area contributed by atoms with E-state index in [9.17, 15) is 14.9 Å². The van der Waals surface area contributed by atoms with E-state index >= 15 is 0 Å². The summed E-state index contributed by atoms with van der Waals surface area (Å²) in [6, 6.07) is 15.9. The number of thioether (sulfide) groups is 1. The van der Waals surface area contributed by atoms with Crippen molar-refractivity contribution in [3.63, 3.8) is 0 Å². The summed E-state index contributed by atoms with van der Waals surface area (Å²) in [4.78, 5) is 22.9. The van der Waals surface area contributed by atoms with Crippen LogP contribution in [0, 0.1) is 10.1 Å². The molecule has 1 atom stereocenters. The van der Waals surface area contributed by atoms with Crippen molar-refractivity contribution in [2.75, 3.05) is 5.75 Å². The van der Waals surface area contributed by atoms with Gasteiger partial charge in [-0.3, -0.25) is 14.9 Å². The van der Waals surface area contributed by atoms with Gasteiger partial charge in [0, 0.05) is 17.0 Å². The highest BCUT2D eigenvalue weighted by Gasteiger charge is 2.10. The van der Waals surface area contributed by atoms with Gasteiger partial charge < -0.3 is 5.32 Å². The average Bonchev–Trinajstić information content (AvgIpc) is 2.54. The van der Waals surface area contributed by atoms with Crippen LogP contribution in [0.15, 0.2) is 59.5 Å². The van der Waals surface area contributed by atoms with Crippen molar-refractivity contribution in [2.45, 2.75) is 17.9 Å². The zero-order valence-electron chi connectivity index (χ0n) is 12.1. The smallest absolute Gasteiger partial charge is 0.269 e. The highest BCUT2D eigenvalue weighted by molar-refractivity contribution is 8.00. The van der Waals surface area contributed by atoms with Gasteiger partial charge in [-0.15, -0.1) is 11.8 Å². The number of hydrogen-bond acceptors (Lipinski definition) is 4. The van der Waals surface area contributed by atoms with E-state index in [1.54, 1.807) is 12.1 Å². The Balaban J connectivity index is 1.83. The number of amides is 1. The number of hydrogen-bond donors (Lipinski definition) is 1. The number of nitrogens with zero attached hydrogens (tertiary/aromatic N) is 1. The van der Waals surface area contributed by atoms with Gasteiger partial charge >= 0.3 is 0 Å². The number of nitro benzene ring substituents is 1. The minimum atomic E-state index is -0.442. The first-order chi connectivity index (χ1) is 10.6. The van der Waals surface area contributed by atoms with Crippen LogP contribution in [0.1, 0.15) is 18.5 Å². The fourth-order valence-corrected chi connectivity index (χ4v) is 2.63. The summed E-state index contributed by atoms with van der Waals surface area (Å²) in [5.74, 6) is 0.203. The van der Waals surface area contributed by atoms with Crippen LogP contribution >= 0.6 is 11.8 Å². The molecule has 2 rings (SSSR count). The van der Waals surface area contributed by atoms with Gasteiger partial charge in [0.2, 0.25) is 5.91 Å². The normalized spacial score (nSPS) is 11.7. The van der Waals surface area contributed by atoms with E-state index in [4.69, 9.17) is 0 Å². The molecule has 2 aromatic rings. The van der Waals surface area contributed by atoms with Crippen LogP contribution in [-0.4, -0.2) is 16.6 Å². The lowest BCUT2D eigenvalue weighted by Gasteiger charge is -2.14. The number of rotatable bonds is 6. The number of benzene rings is 2. The summed E-state index contributed by atoms with van der Waals surface area (Å²) in [7, 11) is 0. The van der Waals surface area contributed by atoms with Gasteiger partial charge in [-0.2, -0.15) is 0 Å². The van der Waals surface area contributed by atoms with Crippen molar-refractivity contribution in [3.05, 3.63) is 70.3 Å². The predicted octanol–water partition coefficient (Wildman–Crippen LogP) is 3.56. The summed E-state index contributed by atoms with van der Waals surface area (Å²) >= 11 is 1.35. The number of nitro groups is 1. The molecule has 22 heavy (non-hydrogen) atoms. The van der Waals surface area contributed by atoms with E-state index in [0.29, 0.717) is 0 Å². The second-order valence-electron chi connectivity index (χ2n) is 4.74. The van der Waals surface area contributed by atoms with Crippen LogP contribution in [0.5, 0.6) is 0 Å². The first kappa shape index (κ1) is 16.0. The fourth-order valence-electron chi connectivity index (χ4n) is 1.92. The van der Waals surface area contributed by atoms with Gasteiger partial charge in [0.25, 0.3) is 5.69 Å². The van der Waals surface area contributed by atoms with Gasteiger partial charge in [0.1, 0.15) is 0 Å². The monoisotopic (exact) mass is 316 g/mol. The molecule has 0 aromatic heterocycles. The maximum absolute atomic E-state index is 11.9. The molecule has 0 aliphatic carbocycles. The highest BCUT2D eigenvalue weighted by atomic mass is 32.2. The van der Waals surface area contributed by atoms with Gasteiger partial charge in [-0.1, -0.05) is 30.3 Å². The molecule has 114 valence electrons. The molecule has 6 heteroatoms. The molecule has 0 saturated heterocycles. The number of nitrogens with one attached hydrogen (secondary N) is 1. The molecule has 0 radical (unpaired) electrons. The molecule has 0 saturated carbocycles. The minimum Gasteiger partial charge on any atom is -0.349 e. The topological polar surface area (TPSA) is 72.2 Å². The molecule has 5 nitrogen and oxygen atoms in total. The van der Waals surface area contributed by atoms with Crippen LogP contribution < -0.4 is 5.32 Å². The fraction of sp³-hybridized carbons (Fsp3) is 0.188. The lowest BCUT2D eigenvalue weighted by Crippen LogP contribution is -2.28. The van der Waals surface area contributed by atoms with Gasteiger partial charge in [0.05, 0.1) is 16.7 Å². The maximum atomic E-state index is 11.9. The second kappa shape index (κ2) is 7.61. The molecular weight excluding hydrogens is 300 g/mol. The summed E-state index contributed by atoms with van der Waals surface area (Å²) in [6.45, 7) is 1.93. The second-order valence-corrected chi connectivity index (χ2v) is 5.79. The third kappa shape index (κ3) is 4.60. The van der Waals surface area contributed by atoms with Gasteiger partial charge in [-0.05, 0) is 24.6 Å². The van der Waals surface area contributed by atoms with Gasteiger partial charge in [0.15, 0.2) is 0 Å². The van der Waals surface area contributed by atoms with Crippen LogP contribution in [0.2, 0.25) is 0 Å². The van der Waals surface area contributed by atoms with E-state index in [1.165, 1.54) is 23.9 Å². The first-order valence-corrected chi connectivity index (χ1v) is 7.76. The quantitative estimate of drug-likeness (QED) is 0.502. The molecule has 2 aromatic carbocycles. The molecule has 0 aliphatic rings. The Bertz CT molecular complexity index is 644. The molecule has 1 amide bonds. The van der Waals surface area contributed by atoms with Crippen molar-refractivity contribution in [1.29, 1.82) is 0 Å². The SMILES string of the molecule is CC(NC(=O)CSc1ccc([N+](=O)[O-])cc1)c1ccccc1. The maximum Gasteiger partial charge on any atom is 0.269 e. The van der Waals surface area contributed by atoms with Crippen molar-refractivity contribution < 1.29 is 9.72 Å². The van der Waals surface area contributed by atoms with Crippen LogP contribution in [0.25, 0.3) is 0 Å². The standard InChI is InChI=1S/C16H16N2O3S/c1-12(13-5-3-2-4-6-13)17-16(19)11-22-15-9-7-14(8-10-15)18(20)21/h2-10,12H,11H2,1H3,(H,17,19). The number of non-ortho nitro benzene ring substituents is 1. The molecule has 0 spiro atoms. The average molecular weight is 316 g/mol. The van der Waals surface area contributed by atoms with E-state index in [0.717, 1.165) is 10.5 Å². The molecule has 0 fully saturated rings. The van der Waals surface area contributed by atoms with Crippen molar-refractivity contribution in [3.8, 4) is 0 Å².